The average Bonchev–Trinajstić information content (AvgIpc) is 2.14. The monoisotopic (exact) mass is 242 g/mol. The van der Waals surface area contributed by atoms with Crippen molar-refractivity contribution in [2.75, 3.05) is 5.32 Å². The summed E-state index contributed by atoms with van der Waals surface area (Å²) in [6.07, 6.45) is 5.92. The summed E-state index contributed by atoms with van der Waals surface area (Å²) in [7, 11) is 0. The molecule has 1 aromatic heterocycles. The first-order chi connectivity index (χ1) is 6.26. The third kappa shape index (κ3) is 3.35. The molecule has 0 aliphatic heterocycles. The first-order valence-corrected chi connectivity index (χ1v) is 5.42. The van der Waals surface area contributed by atoms with Gasteiger partial charge in [0.25, 0.3) is 0 Å². The van der Waals surface area contributed by atoms with Crippen molar-refractivity contribution in [3.63, 3.8) is 0 Å². The lowest BCUT2D eigenvalue weighted by atomic mass is 10.1. The van der Waals surface area contributed by atoms with Gasteiger partial charge < -0.3 is 5.32 Å². The number of halogens is 1. The van der Waals surface area contributed by atoms with E-state index in [2.05, 4.69) is 40.1 Å². The maximum atomic E-state index is 4.10. The normalized spacial score (nSPS) is 10.5. The van der Waals surface area contributed by atoms with Gasteiger partial charge in [-0.1, -0.05) is 13.8 Å². The van der Waals surface area contributed by atoms with Gasteiger partial charge >= 0.3 is 0 Å². The molecule has 0 aliphatic rings. The molecule has 1 heterocycles. The number of anilines is 1. The summed E-state index contributed by atoms with van der Waals surface area (Å²) >= 11 is 3.39. The summed E-state index contributed by atoms with van der Waals surface area (Å²) < 4.78 is 1.02. The van der Waals surface area contributed by atoms with Crippen LogP contribution in [0, 0.1) is 0 Å². The molecule has 0 bridgehead atoms. The van der Waals surface area contributed by atoms with Crippen LogP contribution < -0.4 is 5.32 Å². The zero-order chi connectivity index (χ0) is 9.68. The summed E-state index contributed by atoms with van der Waals surface area (Å²) in [6.45, 7) is 4.37. The van der Waals surface area contributed by atoms with E-state index in [4.69, 9.17) is 0 Å². The SMILES string of the molecule is CCC(CC)Nc1cncc(Br)c1. The quantitative estimate of drug-likeness (QED) is 0.876. The van der Waals surface area contributed by atoms with E-state index in [1.807, 2.05) is 12.3 Å². The topological polar surface area (TPSA) is 24.9 Å². The van der Waals surface area contributed by atoms with Crippen molar-refractivity contribution in [2.45, 2.75) is 32.7 Å². The molecular weight excluding hydrogens is 228 g/mol. The first-order valence-electron chi connectivity index (χ1n) is 4.63. The van der Waals surface area contributed by atoms with Gasteiger partial charge in [-0.2, -0.15) is 0 Å². The fourth-order valence-electron chi connectivity index (χ4n) is 1.22. The molecule has 3 heteroatoms. The number of nitrogens with one attached hydrogen (secondary N) is 1. The molecular formula is C10H15BrN2. The standard InChI is InChI=1S/C10H15BrN2/c1-3-9(4-2)13-10-5-8(11)6-12-7-10/h5-7,9,13H,3-4H2,1-2H3. The Kier molecular flexibility index (Phi) is 4.22. The highest BCUT2D eigenvalue weighted by molar-refractivity contribution is 9.10. The lowest BCUT2D eigenvalue weighted by Crippen LogP contribution is -2.16. The van der Waals surface area contributed by atoms with Gasteiger partial charge in [0.05, 0.1) is 11.9 Å². The Balaban J connectivity index is 2.62. The molecule has 0 fully saturated rings. The van der Waals surface area contributed by atoms with Crippen LogP contribution in [0.1, 0.15) is 26.7 Å². The Hall–Kier alpha value is -0.570. The average molecular weight is 243 g/mol. The zero-order valence-corrected chi connectivity index (χ0v) is 9.63. The van der Waals surface area contributed by atoms with E-state index >= 15 is 0 Å². The maximum absolute atomic E-state index is 4.10. The lowest BCUT2D eigenvalue weighted by Gasteiger charge is -2.15. The van der Waals surface area contributed by atoms with E-state index in [1.165, 1.54) is 0 Å². The number of nitrogens with zero attached hydrogens (tertiary/aromatic N) is 1. The van der Waals surface area contributed by atoms with Crippen molar-refractivity contribution in [1.82, 2.24) is 4.98 Å². The number of hydrogen-bond donors (Lipinski definition) is 1. The highest BCUT2D eigenvalue weighted by Crippen LogP contribution is 2.15. The van der Waals surface area contributed by atoms with Crippen LogP contribution in [0.15, 0.2) is 22.9 Å². The van der Waals surface area contributed by atoms with Gasteiger partial charge in [0.15, 0.2) is 0 Å². The molecule has 13 heavy (non-hydrogen) atoms. The predicted octanol–water partition coefficient (Wildman–Crippen LogP) is 3.44. The van der Waals surface area contributed by atoms with Gasteiger partial charge in [-0.05, 0) is 34.8 Å². The molecule has 0 saturated carbocycles. The molecule has 0 aliphatic carbocycles. The molecule has 1 N–H and O–H groups in total. The zero-order valence-electron chi connectivity index (χ0n) is 8.05. The molecule has 1 aromatic rings. The van der Waals surface area contributed by atoms with Crippen LogP contribution >= 0.6 is 15.9 Å². The lowest BCUT2D eigenvalue weighted by molar-refractivity contribution is 0.671. The molecule has 2 nitrogen and oxygen atoms in total. The third-order valence-electron chi connectivity index (χ3n) is 2.06. The van der Waals surface area contributed by atoms with Crippen molar-refractivity contribution >= 4 is 21.6 Å². The van der Waals surface area contributed by atoms with E-state index in [0.717, 1.165) is 23.0 Å². The van der Waals surface area contributed by atoms with Crippen LogP contribution in [0.25, 0.3) is 0 Å². The number of rotatable bonds is 4. The molecule has 72 valence electrons. The minimum atomic E-state index is 0.552. The number of pyridine rings is 1. The minimum Gasteiger partial charge on any atom is -0.381 e. The van der Waals surface area contributed by atoms with Crippen molar-refractivity contribution in [1.29, 1.82) is 0 Å². The Morgan fingerprint density at radius 3 is 2.62 bits per heavy atom. The largest absolute Gasteiger partial charge is 0.381 e. The minimum absolute atomic E-state index is 0.552. The van der Waals surface area contributed by atoms with Gasteiger partial charge in [-0.3, -0.25) is 4.98 Å². The fourth-order valence-corrected chi connectivity index (χ4v) is 1.58. The Morgan fingerprint density at radius 2 is 2.08 bits per heavy atom. The summed E-state index contributed by atoms with van der Waals surface area (Å²) in [5, 5.41) is 3.43. The van der Waals surface area contributed by atoms with Gasteiger partial charge in [-0.15, -0.1) is 0 Å². The van der Waals surface area contributed by atoms with Crippen molar-refractivity contribution < 1.29 is 0 Å². The molecule has 1 rings (SSSR count). The van der Waals surface area contributed by atoms with E-state index in [0.29, 0.717) is 6.04 Å². The summed E-state index contributed by atoms with van der Waals surface area (Å²) in [6, 6.07) is 2.60. The second-order valence-electron chi connectivity index (χ2n) is 3.05. The summed E-state index contributed by atoms with van der Waals surface area (Å²) in [5.41, 5.74) is 1.09. The van der Waals surface area contributed by atoms with Crippen LogP contribution in [0.3, 0.4) is 0 Å². The number of aromatic nitrogens is 1. The predicted molar refractivity (Wildman–Crippen MR) is 59.9 cm³/mol. The maximum Gasteiger partial charge on any atom is 0.0540 e. The molecule has 0 atom stereocenters. The van der Waals surface area contributed by atoms with Gasteiger partial charge in [0.1, 0.15) is 0 Å². The van der Waals surface area contributed by atoms with Crippen LogP contribution in [0.5, 0.6) is 0 Å². The smallest absolute Gasteiger partial charge is 0.0540 e. The van der Waals surface area contributed by atoms with Crippen molar-refractivity contribution in [3.8, 4) is 0 Å². The molecule has 0 radical (unpaired) electrons. The van der Waals surface area contributed by atoms with Crippen LogP contribution in [0.2, 0.25) is 0 Å². The van der Waals surface area contributed by atoms with E-state index < -0.39 is 0 Å². The highest BCUT2D eigenvalue weighted by Gasteiger charge is 2.02. The molecule has 0 unspecified atom stereocenters. The van der Waals surface area contributed by atoms with E-state index in [9.17, 15) is 0 Å². The Bertz CT molecular complexity index is 259. The second-order valence-corrected chi connectivity index (χ2v) is 3.97. The van der Waals surface area contributed by atoms with Crippen LogP contribution in [0.4, 0.5) is 5.69 Å². The fraction of sp³-hybridized carbons (Fsp3) is 0.500. The molecule has 0 saturated heterocycles. The van der Waals surface area contributed by atoms with Gasteiger partial charge in [0, 0.05) is 16.7 Å². The highest BCUT2D eigenvalue weighted by atomic mass is 79.9. The van der Waals surface area contributed by atoms with Crippen LogP contribution in [-0.4, -0.2) is 11.0 Å². The summed E-state index contributed by atoms with van der Waals surface area (Å²) in [5.74, 6) is 0. The third-order valence-corrected chi connectivity index (χ3v) is 2.49. The second kappa shape index (κ2) is 5.22. The molecule has 0 spiro atoms. The van der Waals surface area contributed by atoms with Gasteiger partial charge in [-0.25, -0.2) is 0 Å². The number of hydrogen-bond acceptors (Lipinski definition) is 2. The Morgan fingerprint density at radius 1 is 1.38 bits per heavy atom. The van der Waals surface area contributed by atoms with Crippen molar-refractivity contribution in [2.24, 2.45) is 0 Å². The Labute approximate surface area is 87.9 Å². The van der Waals surface area contributed by atoms with E-state index in [-0.39, 0.29) is 0 Å². The van der Waals surface area contributed by atoms with Gasteiger partial charge in [0.2, 0.25) is 0 Å². The first kappa shape index (κ1) is 10.5. The molecule has 0 aromatic carbocycles. The van der Waals surface area contributed by atoms with Crippen LogP contribution in [-0.2, 0) is 0 Å². The summed E-state index contributed by atoms with van der Waals surface area (Å²) in [4.78, 5) is 4.10. The molecule has 0 amide bonds. The van der Waals surface area contributed by atoms with Crippen molar-refractivity contribution in [3.05, 3.63) is 22.9 Å². The van der Waals surface area contributed by atoms with E-state index in [1.54, 1.807) is 6.20 Å².